The third-order valence-corrected chi connectivity index (χ3v) is 15.1. The predicted molar refractivity (Wildman–Crippen MR) is 314 cm³/mol. The topological polar surface area (TPSA) is 57.4 Å². The molecule has 0 saturated heterocycles. The Bertz CT molecular complexity index is 3940. The molecule has 0 saturated carbocycles. The minimum Gasteiger partial charge on any atom is -0.308 e. The lowest BCUT2D eigenvalue weighted by Crippen LogP contribution is -2.05. The van der Waals surface area contributed by atoms with Crippen LogP contribution in [0.4, 0.5) is 0 Å². The second kappa shape index (κ2) is 18.1. The van der Waals surface area contributed by atoms with E-state index in [0.29, 0.717) is 11.1 Å². The number of fused-ring (bicyclic) bond motifs is 6. The predicted octanol–water partition coefficient (Wildman–Crippen LogP) is 18.7. The van der Waals surface area contributed by atoms with Gasteiger partial charge in [0.25, 0.3) is 0 Å². The third-order valence-electron chi connectivity index (χ3n) is 15.1. The van der Waals surface area contributed by atoms with E-state index < -0.39 is 0 Å². The van der Waals surface area contributed by atoms with Crippen molar-refractivity contribution in [3.05, 3.63) is 237 Å². The number of hydrogen-bond donors (Lipinski definition) is 0. The van der Waals surface area contributed by atoms with Gasteiger partial charge in [0, 0.05) is 21.5 Å². The van der Waals surface area contributed by atoms with Gasteiger partial charge >= 0.3 is 0 Å². The molecule has 0 radical (unpaired) electrons. The van der Waals surface area contributed by atoms with E-state index in [1.165, 1.54) is 66.8 Å². The van der Waals surface area contributed by atoms with Crippen molar-refractivity contribution < 1.29 is 0 Å². The van der Waals surface area contributed by atoms with E-state index in [4.69, 9.17) is 0 Å². The Kier molecular flexibility index (Phi) is 11.3. The van der Waals surface area contributed by atoms with Gasteiger partial charge in [-0.1, -0.05) is 148 Å². The van der Waals surface area contributed by atoms with Crippen LogP contribution in [0.2, 0.25) is 0 Å². The summed E-state index contributed by atoms with van der Waals surface area (Å²) in [5, 5.41) is 26.4. The van der Waals surface area contributed by atoms with Gasteiger partial charge in [0.05, 0.1) is 45.1 Å². The van der Waals surface area contributed by atoms with Crippen molar-refractivity contribution in [1.29, 1.82) is 10.5 Å². The van der Waals surface area contributed by atoms with E-state index >= 15 is 0 Å². The van der Waals surface area contributed by atoms with Crippen LogP contribution in [0, 0.1) is 85.0 Å². The number of hydrogen-bond acceptors (Lipinski definition) is 2. The zero-order valence-electron chi connectivity index (χ0n) is 44.0. The molecule has 12 rings (SSSR count). The molecule has 360 valence electrons. The highest BCUT2D eigenvalue weighted by atomic mass is 15.0. The molecule has 12 aromatic rings. The largest absolute Gasteiger partial charge is 0.308 e. The summed E-state index contributed by atoms with van der Waals surface area (Å²) in [4.78, 5) is 0. The molecule has 75 heavy (non-hydrogen) atoms. The molecule has 2 heterocycles. The van der Waals surface area contributed by atoms with Crippen LogP contribution in [0.3, 0.4) is 0 Å². The van der Waals surface area contributed by atoms with Crippen LogP contribution in [-0.4, -0.2) is 9.13 Å². The van der Waals surface area contributed by atoms with E-state index in [1.54, 1.807) is 0 Å². The number of aromatic nitrogens is 2. The van der Waals surface area contributed by atoms with Gasteiger partial charge < -0.3 is 9.13 Å². The molecule has 0 bridgehead atoms. The summed E-state index contributed by atoms with van der Waals surface area (Å²) in [7, 11) is 0. The number of nitrogens with zero attached hydrogens (tertiary/aromatic N) is 4. The van der Waals surface area contributed by atoms with Crippen LogP contribution in [0.25, 0.3) is 111 Å². The Labute approximate surface area is 439 Å². The quantitative estimate of drug-likeness (QED) is 0.160. The van der Waals surface area contributed by atoms with Crippen molar-refractivity contribution in [1.82, 2.24) is 9.13 Å². The van der Waals surface area contributed by atoms with Gasteiger partial charge in [-0.3, -0.25) is 0 Å². The smallest absolute Gasteiger partial charge is 0.104 e. The Hall–Kier alpha value is -9.22. The van der Waals surface area contributed by atoms with Crippen molar-refractivity contribution in [2.24, 2.45) is 0 Å². The summed E-state index contributed by atoms with van der Waals surface area (Å²) >= 11 is 0. The van der Waals surface area contributed by atoms with Gasteiger partial charge in [-0.2, -0.15) is 10.5 Å². The molecule has 0 aliphatic heterocycles. The fourth-order valence-corrected chi connectivity index (χ4v) is 12.1. The molecule has 0 spiro atoms. The van der Waals surface area contributed by atoms with E-state index in [0.717, 1.165) is 93.9 Å². The van der Waals surface area contributed by atoms with E-state index in [1.807, 2.05) is 12.1 Å². The first-order valence-corrected chi connectivity index (χ1v) is 25.8. The summed E-state index contributed by atoms with van der Waals surface area (Å²) in [6.07, 6.45) is 0. The monoisotopic (exact) mass is 964 g/mol. The number of benzene rings is 10. The van der Waals surface area contributed by atoms with Crippen LogP contribution >= 0.6 is 0 Å². The van der Waals surface area contributed by atoms with E-state index in [2.05, 4.69) is 247 Å². The average Bonchev–Trinajstić information content (AvgIpc) is 3.88. The van der Waals surface area contributed by atoms with Gasteiger partial charge in [-0.05, 0) is 196 Å². The highest BCUT2D eigenvalue weighted by Gasteiger charge is 2.25. The minimum absolute atomic E-state index is 0.552. The van der Waals surface area contributed by atoms with Gasteiger partial charge in [-0.15, -0.1) is 0 Å². The molecule has 10 aromatic carbocycles. The maximum atomic E-state index is 11.9. The number of nitriles is 2. The van der Waals surface area contributed by atoms with Crippen molar-refractivity contribution in [3.63, 3.8) is 0 Å². The molecule has 4 nitrogen and oxygen atoms in total. The maximum Gasteiger partial charge on any atom is 0.104 e. The zero-order chi connectivity index (χ0) is 52.0. The van der Waals surface area contributed by atoms with Gasteiger partial charge in [-0.25, -0.2) is 0 Å². The van der Waals surface area contributed by atoms with Gasteiger partial charge in [0.2, 0.25) is 0 Å². The molecule has 0 N–H and O–H groups in total. The van der Waals surface area contributed by atoms with Crippen molar-refractivity contribution in [2.45, 2.75) is 62.3 Å². The third kappa shape index (κ3) is 8.26. The number of aryl methyl sites for hydroxylation is 9. The Morgan fingerprint density at radius 1 is 0.280 bits per heavy atom. The minimum atomic E-state index is 0.552. The number of rotatable bonds is 7. The lowest BCUT2D eigenvalue weighted by Gasteiger charge is -2.19. The SMILES string of the molecule is Cc1cc(C)cc(-c2ccc3c(c2)c2cc(-c4cc(C)cc(C)c4)ccc2n3-c2cc(-c3ccc(C#N)cc3C)cc(-n3c4ccc(-c5cc(C)cc(C)c5)cc4c4cc(-c5cc(C)cc(C)c5)ccc43)c2C#N)c1. The highest BCUT2D eigenvalue weighted by Crippen LogP contribution is 2.44. The van der Waals surface area contributed by atoms with Crippen LogP contribution in [0.1, 0.15) is 61.2 Å². The molecule has 0 unspecified atom stereocenters. The Balaban J connectivity index is 1.19. The molecule has 0 aliphatic carbocycles. The Morgan fingerprint density at radius 3 is 0.853 bits per heavy atom. The van der Waals surface area contributed by atoms with Crippen LogP contribution in [-0.2, 0) is 0 Å². The molecular weight excluding hydrogens is 909 g/mol. The fraction of sp³-hybridized carbons (Fsp3) is 0.127. The van der Waals surface area contributed by atoms with Gasteiger partial charge in [0.15, 0.2) is 0 Å². The molecule has 0 atom stereocenters. The van der Waals surface area contributed by atoms with Crippen LogP contribution in [0.5, 0.6) is 0 Å². The second-order valence-electron chi connectivity index (χ2n) is 21.2. The lowest BCUT2D eigenvalue weighted by atomic mass is 9.95. The molecule has 4 heteroatoms. The van der Waals surface area contributed by atoms with E-state index in [9.17, 15) is 10.5 Å². The molecule has 0 amide bonds. The first kappa shape index (κ1) is 46.8. The van der Waals surface area contributed by atoms with Crippen molar-refractivity contribution >= 4 is 43.6 Å². The summed E-state index contributed by atoms with van der Waals surface area (Å²) in [6.45, 7) is 19.3. The summed E-state index contributed by atoms with van der Waals surface area (Å²) in [6, 6.07) is 69.7. The van der Waals surface area contributed by atoms with Crippen LogP contribution in [0.15, 0.2) is 176 Å². The molecular formula is C71H56N4. The lowest BCUT2D eigenvalue weighted by molar-refractivity contribution is 1.12. The van der Waals surface area contributed by atoms with Crippen LogP contribution < -0.4 is 0 Å². The Morgan fingerprint density at radius 2 is 0.587 bits per heavy atom. The summed E-state index contributed by atoms with van der Waals surface area (Å²) in [5.41, 5.74) is 28.7. The molecule has 0 aliphatic rings. The summed E-state index contributed by atoms with van der Waals surface area (Å²) in [5.74, 6) is 0. The fourth-order valence-electron chi connectivity index (χ4n) is 12.1. The molecule has 2 aromatic heterocycles. The normalized spacial score (nSPS) is 11.5. The van der Waals surface area contributed by atoms with Crippen molar-refractivity contribution in [2.75, 3.05) is 0 Å². The van der Waals surface area contributed by atoms with Crippen molar-refractivity contribution in [3.8, 4) is 79.1 Å². The summed E-state index contributed by atoms with van der Waals surface area (Å²) < 4.78 is 4.63. The standard InChI is InChI=1S/C71H56N4/c1-41-20-42(2)25-55(24-41)51-11-16-66-61(33-51)62-34-52(56-26-43(3)21-44(4)27-56)12-17-67(62)74(66)70-37-59(60-15-10-50(39-72)32-49(60)9)38-71(65(70)40-73)75-68-18-13-53(57-28-45(5)22-46(6)29-57)35-63(68)64-36-54(14-19-69(64)75)58-30-47(7)23-48(8)31-58/h10-38H,1-9H3. The second-order valence-corrected chi connectivity index (χ2v) is 21.2. The van der Waals surface area contributed by atoms with Gasteiger partial charge in [0.1, 0.15) is 11.6 Å². The first-order valence-electron chi connectivity index (χ1n) is 25.8. The highest BCUT2D eigenvalue weighted by molar-refractivity contribution is 6.14. The average molecular weight is 965 g/mol. The maximum absolute atomic E-state index is 11.9. The zero-order valence-corrected chi connectivity index (χ0v) is 44.0. The first-order chi connectivity index (χ1) is 36.2. The molecule has 0 fully saturated rings. The van der Waals surface area contributed by atoms with E-state index in [-0.39, 0.29) is 0 Å².